The fourth-order valence-corrected chi connectivity index (χ4v) is 3.50. The van der Waals surface area contributed by atoms with Crippen LogP contribution >= 0.6 is 0 Å². The van der Waals surface area contributed by atoms with Crippen molar-refractivity contribution in [3.63, 3.8) is 0 Å². The van der Waals surface area contributed by atoms with Crippen molar-refractivity contribution in [3.05, 3.63) is 4.91 Å². The monoisotopic (exact) mass is 227 g/mol. The Bertz CT molecular complexity index is 236. The molecule has 16 heavy (non-hydrogen) atoms. The molecular formula is C10H21N5O. The van der Waals surface area contributed by atoms with E-state index in [-0.39, 0.29) is 18.1 Å². The summed E-state index contributed by atoms with van der Waals surface area (Å²) < 4.78 is 0. The minimum atomic E-state index is -0.465. The summed E-state index contributed by atoms with van der Waals surface area (Å²) in [4.78, 5) is 13.5. The zero-order valence-electron chi connectivity index (χ0n) is 9.51. The van der Waals surface area contributed by atoms with Gasteiger partial charge in [0.1, 0.15) is 5.54 Å². The van der Waals surface area contributed by atoms with Crippen LogP contribution in [0.15, 0.2) is 5.18 Å². The van der Waals surface area contributed by atoms with Crippen molar-refractivity contribution in [2.24, 2.45) is 22.4 Å². The standard InChI is InChI=1S/C10H21N5O/c11-4-7-1-10(14-16)2-8(5-12)15(7)9(3-10)6-13/h7-9H,1-6,11-13H2/t7-,8?,9?,10?/m1/s1. The number of piperidine rings is 3. The summed E-state index contributed by atoms with van der Waals surface area (Å²) in [6, 6.07) is 0.631. The van der Waals surface area contributed by atoms with E-state index in [0.29, 0.717) is 19.6 Å². The van der Waals surface area contributed by atoms with E-state index in [1.54, 1.807) is 0 Å². The second-order valence-corrected chi connectivity index (χ2v) is 5.04. The van der Waals surface area contributed by atoms with Gasteiger partial charge in [0.25, 0.3) is 0 Å². The van der Waals surface area contributed by atoms with Gasteiger partial charge in [-0.25, -0.2) is 0 Å². The highest BCUT2D eigenvalue weighted by Gasteiger charge is 2.53. The molecule has 0 spiro atoms. The Morgan fingerprint density at radius 1 is 1.00 bits per heavy atom. The summed E-state index contributed by atoms with van der Waals surface area (Å²) in [5.41, 5.74) is 16.8. The van der Waals surface area contributed by atoms with Crippen LogP contribution in [-0.2, 0) is 0 Å². The zero-order valence-corrected chi connectivity index (χ0v) is 9.51. The lowest BCUT2D eigenvalue weighted by atomic mass is 9.70. The van der Waals surface area contributed by atoms with Crippen LogP contribution in [0.2, 0.25) is 0 Å². The quantitative estimate of drug-likeness (QED) is 0.532. The van der Waals surface area contributed by atoms with Crippen LogP contribution in [-0.4, -0.2) is 48.2 Å². The summed E-state index contributed by atoms with van der Waals surface area (Å²) in [6.07, 6.45) is 2.29. The molecule has 92 valence electrons. The average Bonchev–Trinajstić information content (AvgIpc) is 2.37. The number of fused-ring (bicyclic) bond motifs is 3. The fraction of sp³-hybridized carbons (Fsp3) is 1.00. The Morgan fingerprint density at radius 2 is 1.38 bits per heavy atom. The number of nitrogens with two attached hydrogens (primary N) is 3. The third-order valence-electron chi connectivity index (χ3n) is 4.12. The van der Waals surface area contributed by atoms with E-state index >= 15 is 0 Å². The summed E-state index contributed by atoms with van der Waals surface area (Å²) in [5, 5.41) is 3.39. The molecule has 3 heterocycles. The summed E-state index contributed by atoms with van der Waals surface area (Å²) in [6.45, 7) is 1.64. The molecule has 0 aromatic rings. The number of hydrogen-bond acceptors (Lipinski definition) is 6. The minimum absolute atomic E-state index is 0.210. The summed E-state index contributed by atoms with van der Waals surface area (Å²) in [7, 11) is 0. The highest BCUT2D eigenvalue weighted by atomic mass is 16.3. The van der Waals surface area contributed by atoms with Gasteiger partial charge in [0, 0.05) is 37.8 Å². The van der Waals surface area contributed by atoms with E-state index in [0.717, 1.165) is 19.3 Å². The van der Waals surface area contributed by atoms with E-state index in [1.165, 1.54) is 0 Å². The van der Waals surface area contributed by atoms with Crippen molar-refractivity contribution in [1.82, 2.24) is 4.90 Å². The molecule has 0 radical (unpaired) electrons. The molecule has 3 saturated heterocycles. The van der Waals surface area contributed by atoms with Crippen molar-refractivity contribution < 1.29 is 0 Å². The molecule has 3 rings (SSSR count). The van der Waals surface area contributed by atoms with E-state index in [4.69, 9.17) is 17.2 Å². The maximum absolute atomic E-state index is 11.1. The van der Waals surface area contributed by atoms with E-state index < -0.39 is 5.54 Å². The van der Waals surface area contributed by atoms with Gasteiger partial charge < -0.3 is 17.2 Å². The van der Waals surface area contributed by atoms with Gasteiger partial charge in [0.15, 0.2) is 0 Å². The second kappa shape index (κ2) is 4.37. The summed E-state index contributed by atoms with van der Waals surface area (Å²) >= 11 is 0. The Kier molecular flexibility index (Phi) is 3.25. The van der Waals surface area contributed by atoms with Crippen LogP contribution in [0.3, 0.4) is 0 Å². The third kappa shape index (κ3) is 1.66. The second-order valence-electron chi connectivity index (χ2n) is 5.04. The Hall–Kier alpha value is -0.560. The van der Waals surface area contributed by atoms with Crippen molar-refractivity contribution >= 4 is 0 Å². The molecule has 2 bridgehead atoms. The molecule has 3 atom stereocenters. The zero-order chi connectivity index (χ0) is 11.8. The van der Waals surface area contributed by atoms with Gasteiger partial charge in [-0.05, 0) is 19.3 Å². The van der Waals surface area contributed by atoms with E-state index in [1.807, 2.05) is 0 Å². The van der Waals surface area contributed by atoms with Gasteiger partial charge in [-0.2, -0.15) is 4.91 Å². The maximum Gasteiger partial charge on any atom is 0.107 e. The lowest BCUT2D eigenvalue weighted by Gasteiger charge is -2.57. The molecule has 0 saturated carbocycles. The van der Waals surface area contributed by atoms with Gasteiger partial charge in [0.2, 0.25) is 0 Å². The molecule has 0 aromatic heterocycles. The SMILES string of the molecule is NCC1CC2(N=O)CC(CN)N1[C@@H](CN)C2. The predicted octanol–water partition coefficient (Wildman–Crippen LogP) is -1.03. The van der Waals surface area contributed by atoms with Crippen LogP contribution < -0.4 is 17.2 Å². The molecule has 6 nitrogen and oxygen atoms in total. The maximum atomic E-state index is 11.1. The van der Waals surface area contributed by atoms with Gasteiger partial charge in [-0.15, -0.1) is 0 Å². The lowest BCUT2D eigenvalue weighted by molar-refractivity contribution is -0.0523. The number of nitrogens with zero attached hydrogens (tertiary/aromatic N) is 2. The fourth-order valence-electron chi connectivity index (χ4n) is 3.50. The van der Waals surface area contributed by atoms with Gasteiger partial charge in [-0.3, -0.25) is 4.90 Å². The normalized spacial score (nSPS) is 46.9. The Balaban J connectivity index is 2.29. The van der Waals surface area contributed by atoms with E-state index in [2.05, 4.69) is 10.1 Å². The smallest absolute Gasteiger partial charge is 0.107 e. The van der Waals surface area contributed by atoms with Crippen LogP contribution in [0, 0.1) is 4.91 Å². The largest absolute Gasteiger partial charge is 0.329 e. The van der Waals surface area contributed by atoms with Gasteiger partial charge >= 0.3 is 0 Å². The first-order valence-electron chi connectivity index (χ1n) is 5.92. The van der Waals surface area contributed by atoms with Crippen molar-refractivity contribution in [1.29, 1.82) is 0 Å². The molecular weight excluding hydrogens is 206 g/mol. The summed E-state index contributed by atoms with van der Waals surface area (Å²) in [5.74, 6) is 0. The third-order valence-corrected chi connectivity index (χ3v) is 4.12. The molecule has 0 aliphatic carbocycles. The Labute approximate surface area is 95.5 Å². The van der Waals surface area contributed by atoms with Crippen molar-refractivity contribution in [2.45, 2.75) is 42.9 Å². The highest BCUT2D eigenvalue weighted by molar-refractivity contribution is 5.11. The molecule has 0 amide bonds. The van der Waals surface area contributed by atoms with Crippen molar-refractivity contribution in [2.75, 3.05) is 19.6 Å². The van der Waals surface area contributed by atoms with E-state index in [9.17, 15) is 4.91 Å². The molecule has 6 N–H and O–H groups in total. The lowest BCUT2D eigenvalue weighted by Crippen LogP contribution is -2.69. The first-order valence-corrected chi connectivity index (χ1v) is 5.92. The van der Waals surface area contributed by atoms with Crippen LogP contribution in [0.5, 0.6) is 0 Å². The topological polar surface area (TPSA) is 111 Å². The number of nitroso groups, excluding NO2 is 1. The molecule has 3 fully saturated rings. The highest BCUT2D eigenvalue weighted by Crippen LogP contribution is 2.44. The Morgan fingerprint density at radius 3 is 1.62 bits per heavy atom. The first kappa shape index (κ1) is 11.9. The molecule has 6 heteroatoms. The van der Waals surface area contributed by atoms with Gasteiger partial charge in [0.05, 0.1) is 0 Å². The molecule has 3 aliphatic heterocycles. The van der Waals surface area contributed by atoms with Crippen LogP contribution in [0.25, 0.3) is 0 Å². The van der Waals surface area contributed by atoms with Crippen LogP contribution in [0.4, 0.5) is 0 Å². The van der Waals surface area contributed by atoms with Crippen molar-refractivity contribution in [3.8, 4) is 0 Å². The molecule has 3 aliphatic rings. The molecule has 2 unspecified atom stereocenters. The number of hydrogen-bond donors (Lipinski definition) is 3. The van der Waals surface area contributed by atoms with Gasteiger partial charge in [-0.1, -0.05) is 5.18 Å². The minimum Gasteiger partial charge on any atom is -0.329 e. The first-order chi connectivity index (χ1) is 7.69. The average molecular weight is 227 g/mol. The van der Waals surface area contributed by atoms with Crippen LogP contribution in [0.1, 0.15) is 19.3 Å². The predicted molar refractivity (Wildman–Crippen MR) is 62.7 cm³/mol. The molecule has 0 aromatic carbocycles. The number of rotatable bonds is 4.